The first-order valence-electron chi connectivity index (χ1n) is 8.14. The van der Waals surface area contributed by atoms with Gasteiger partial charge in [0, 0.05) is 34.2 Å². The average Bonchev–Trinajstić information content (AvgIpc) is 3.24. The van der Waals surface area contributed by atoms with Crippen LogP contribution in [0.25, 0.3) is 5.69 Å². The Hall–Kier alpha value is -2.55. The highest BCUT2D eigenvalue weighted by Gasteiger charge is 2.26. The standard InChI is InChI=1S/C18H12Cl2N4O3S/c19-10-2-1-3-11(6-10)23-17(14-8-28-9-16(14)22-23)21-18(25)13-7-12(24(26)27)4-5-15(13)20/h1-7H,8-9H2,(H,21,25). The second-order valence-corrected chi connectivity index (χ2v) is 7.86. The highest BCUT2D eigenvalue weighted by Crippen LogP contribution is 2.37. The van der Waals surface area contributed by atoms with E-state index in [1.54, 1.807) is 34.6 Å². The normalized spacial score (nSPS) is 12.6. The number of non-ortho nitro benzene ring substituents is 1. The Morgan fingerprint density at radius 3 is 2.79 bits per heavy atom. The molecule has 10 heteroatoms. The minimum atomic E-state index is -0.572. The lowest BCUT2D eigenvalue weighted by atomic mass is 10.2. The lowest BCUT2D eigenvalue weighted by Crippen LogP contribution is -2.17. The Morgan fingerprint density at radius 2 is 2.04 bits per heavy atom. The number of nitro benzene ring substituents is 1. The topological polar surface area (TPSA) is 90.1 Å². The number of hydrogen-bond acceptors (Lipinski definition) is 5. The Kier molecular flexibility index (Phi) is 5.01. The summed E-state index contributed by atoms with van der Waals surface area (Å²) in [5, 5.41) is 19.1. The van der Waals surface area contributed by atoms with Gasteiger partial charge in [-0.05, 0) is 24.3 Å². The van der Waals surface area contributed by atoms with Gasteiger partial charge >= 0.3 is 0 Å². The van der Waals surface area contributed by atoms with Crippen LogP contribution in [0.2, 0.25) is 10.0 Å². The molecular formula is C18H12Cl2N4O3S. The van der Waals surface area contributed by atoms with Crippen LogP contribution >= 0.6 is 35.0 Å². The fraction of sp³-hybridized carbons (Fsp3) is 0.111. The predicted molar refractivity (Wildman–Crippen MR) is 110 cm³/mol. The van der Waals surface area contributed by atoms with Crippen LogP contribution in [0.5, 0.6) is 0 Å². The van der Waals surface area contributed by atoms with Crippen molar-refractivity contribution in [3.8, 4) is 5.69 Å². The maximum absolute atomic E-state index is 12.9. The van der Waals surface area contributed by atoms with Gasteiger partial charge in [0.05, 0.1) is 26.9 Å². The van der Waals surface area contributed by atoms with E-state index in [0.29, 0.717) is 22.3 Å². The van der Waals surface area contributed by atoms with E-state index in [9.17, 15) is 14.9 Å². The largest absolute Gasteiger partial charge is 0.306 e. The van der Waals surface area contributed by atoms with Gasteiger partial charge in [-0.15, -0.1) is 0 Å². The van der Waals surface area contributed by atoms with E-state index in [4.69, 9.17) is 23.2 Å². The second-order valence-electron chi connectivity index (χ2n) is 6.03. The van der Waals surface area contributed by atoms with Crippen LogP contribution in [0.3, 0.4) is 0 Å². The Balaban J connectivity index is 1.75. The number of anilines is 1. The summed E-state index contributed by atoms with van der Waals surface area (Å²) >= 11 is 13.9. The molecule has 0 bridgehead atoms. The Labute approximate surface area is 173 Å². The number of carbonyl (C=O) groups excluding carboxylic acids is 1. The number of nitrogens with zero attached hydrogens (tertiary/aromatic N) is 3. The molecule has 1 aliphatic heterocycles. The molecule has 4 rings (SSSR count). The van der Waals surface area contributed by atoms with E-state index in [2.05, 4.69) is 10.4 Å². The van der Waals surface area contributed by atoms with E-state index in [1.165, 1.54) is 12.1 Å². The molecule has 1 aromatic heterocycles. The smallest absolute Gasteiger partial charge is 0.270 e. The maximum atomic E-state index is 12.9. The summed E-state index contributed by atoms with van der Waals surface area (Å²) in [5.74, 6) is 1.41. The van der Waals surface area contributed by atoms with Crippen molar-refractivity contribution in [3.05, 3.63) is 79.4 Å². The SMILES string of the molecule is O=C(Nc1c2c(nn1-c1cccc(Cl)c1)CSC2)c1cc([N+](=O)[O-])ccc1Cl. The highest BCUT2D eigenvalue weighted by molar-refractivity contribution is 7.98. The molecule has 0 unspecified atom stereocenters. The first-order chi connectivity index (χ1) is 13.4. The highest BCUT2D eigenvalue weighted by atomic mass is 35.5. The van der Waals surface area contributed by atoms with Crippen molar-refractivity contribution in [2.45, 2.75) is 11.5 Å². The van der Waals surface area contributed by atoms with Crippen LogP contribution in [0.1, 0.15) is 21.6 Å². The second kappa shape index (κ2) is 7.46. The summed E-state index contributed by atoms with van der Waals surface area (Å²) in [6.45, 7) is 0. The van der Waals surface area contributed by atoms with Crippen LogP contribution < -0.4 is 5.32 Å². The van der Waals surface area contributed by atoms with Gasteiger partial charge in [-0.1, -0.05) is 29.3 Å². The van der Waals surface area contributed by atoms with Gasteiger partial charge in [0.1, 0.15) is 5.82 Å². The predicted octanol–water partition coefficient (Wildman–Crippen LogP) is 5.09. The van der Waals surface area contributed by atoms with Gasteiger partial charge in [0.15, 0.2) is 0 Å². The molecule has 0 spiro atoms. The first-order valence-corrected chi connectivity index (χ1v) is 10.0. The number of hydrogen-bond donors (Lipinski definition) is 1. The summed E-state index contributed by atoms with van der Waals surface area (Å²) in [7, 11) is 0. The number of rotatable bonds is 4. The summed E-state index contributed by atoms with van der Waals surface area (Å²) in [4.78, 5) is 23.3. The Bertz CT molecular complexity index is 1120. The van der Waals surface area contributed by atoms with Gasteiger partial charge in [-0.25, -0.2) is 4.68 Å². The minimum Gasteiger partial charge on any atom is -0.306 e. The van der Waals surface area contributed by atoms with E-state index < -0.39 is 10.8 Å². The number of carbonyl (C=O) groups is 1. The van der Waals surface area contributed by atoms with Crippen LogP contribution in [0.15, 0.2) is 42.5 Å². The number of nitrogens with one attached hydrogen (secondary N) is 1. The monoisotopic (exact) mass is 434 g/mol. The molecule has 1 aliphatic rings. The molecule has 0 radical (unpaired) electrons. The third-order valence-corrected chi connectivity index (χ3v) is 5.78. The van der Waals surface area contributed by atoms with Crippen molar-refractivity contribution in [1.82, 2.24) is 9.78 Å². The fourth-order valence-corrected chi connectivity index (χ4v) is 4.33. The quantitative estimate of drug-likeness (QED) is 0.456. The van der Waals surface area contributed by atoms with Gasteiger partial charge in [-0.3, -0.25) is 14.9 Å². The summed E-state index contributed by atoms with van der Waals surface area (Å²) in [5.41, 5.74) is 2.31. The first kappa shape index (κ1) is 18.8. The molecular weight excluding hydrogens is 423 g/mol. The summed E-state index contributed by atoms with van der Waals surface area (Å²) < 4.78 is 1.62. The molecule has 1 N–H and O–H groups in total. The van der Waals surface area contributed by atoms with Crippen molar-refractivity contribution in [3.63, 3.8) is 0 Å². The number of thioether (sulfide) groups is 1. The van der Waals surface area contributed by atoms with E-state index in [0.717, 1.165) is 23.1 Å². The van der Waals surface area contributed by atoms with E-state index in [-0.39, 0.29) is 16.3 Å². The van der Waals surface area contributed by atoms with Crippen LogP contribution in [-0.2, 0) is 11.5 Å². The van der Waals surface area contributed by atoms with Gasteiger partial charge < -0.3 is 5.32 Å². The van der Waals surface area contributed by atoms with Crippen molar-refractivity contribution < 1.29 is 9.72 Å². The molecule has 0 fully saturated rings. The summed E-state index contributed by atoms with van der Waals surface area (Å²) in [6, 6.07) is 10.9. The average molecular weight is 435 g/mol. The Morgan fingerprint density at radius 1 is 1.21 bits per heavy atom. The van der Waals surface area contributed by atoms with Crippen molar-refractivity contribution in [2.75, 3.05) is 5.32 Å². The van der Waals surface area contributed by atoms with Gasteiger partial charge in [0.2, 0.25) is 0 Å². The zero-order valence-corrected chi connectivity index (χ0v) is 16.5. The molecule has 0 saturated heterocycles. The maximum Gasteiger partial charge on any atom is 0.270 e. The number of benzene rings is 2. The molecule has 0 aliphatic carbocycles. The number of fused-ring (bicyclic) bond motifs is 1. The van der Waals surface area contributed by atoms with Crippen LogP contribution in [0, 0.1) is 10.1 Å². The van der Waals surface area contributed by atoms with E-state index >= 15 is 0 Å². The zero-order chi connectivity index (χ0) is 19.8. The lowest BCUT2D eigenvalue weighted by molar-refractivity contribution is -0.384. The molecule has 0 saturated carbocycles. The summed E-state index contributed by atoms with van der Waals surface area (Å²) in [6.07, 6.45) is 0. The van der Waals surface area contributed by atoms with Crippen LogP contribution in [0.4, 0.5) is 11.5 Å². The third kappa shape index (κ3) is 3.46. The van der Waals surface area contributed by atoms with Crippen molar-refractivity contribution in [1.29, 1.82) is 0 Å². The molecule has 2 heterocycles. The minimum absolute atomic E-state index is 0.0223. The van der Waals surface area contributed by atoms with E-state index in [1.807, 2.05) is 6.07 Å². The molecule has 1 amide bonds. The molecule has 142 valence electrons. The van der Waals surface area contributed by atoms with Gasteiger partial charge in [0.25, 0.3) is 11.6 Å². The molecule has 28 heavy (non-hydrogen) atoms. The molecule has 7 nitrogen and oxygen atoms in total. The third-order valence-electron chi connectivity index (χ3n) is 4.24. The lowest BCUT2D eigenvalue weighted by Gasteiger charge is -2.12. The fourth-order valence-electron chi connectivity index (χ4n) is 2.91. The van der Waals surface area contributed by atoms with Gasteiger partial charge in [-0.2, -0.15) is 16.9 Å². The number of halogens is 2. The number of nitro groups is 1. The van der Waals surface area contributed by atoms with Crippen LogP contribution in [-0.4, -0.2) is 20.6 Å². The van der Waals surface area contributed by atoms with Crippen molar-refractivity contribution in [2.24, 2.45) is 0 Å². The molecule has 2 aromatic carbocycles. The number of aromatic nitrogens is 2. The number of amides is 1. The zero-order valence-electron chi connectivity index (χ0n) is 14.2. The van der Waals surface area contributed by atoms with Crippen molar-refractivity contribution >= 4 is 52.4 Å². The molecule has 0 atom stereocenters. The molecule has 3 aromatic rings.